The first-order chi connectivity index (χ1) is 12.4. The molecule has 0 aliphatic carbocycles. The van der Waals surface area contributed by atoms with E-state index in [1.54, 1.807) is 19.1 Å². The number of alkyl halides is 3. The Morgan fingerprint density at radius 2 is 1.81 bits per heavy atom. The number of rotatable bonds is 5. The van der Waals surface area contributed by atoms with E-state index in [1.165, 1.54) is 6.07 Å². The summed E-state index contributed by atoms with van der Waals surface area (Å²) in [6.07, 6.45) is -3.53. The molecule has 0 saturated heterocycles. The van der Waals surface area contributed by atoms with Gasteiger partial charge in [0.2, 0.25) is 5.91 Å². The Morgan fingerprint density at radius 3 is 2.41 bits per heavy atom. The van der Waals surface area contributed by atoms with Gasteiger partial charge in [0.1, 0.15) is 0 Å². The summed E-state index contributed by atoms with van der Waals surface area (Å²) in [7, 11) is -3.54. The number of hydrogen-bond acceptors (Lipinski definition) is 4. The summed E-state index contributed by atoms with van der Waals surface area (Å²) in [5, 5.41) is 4.92. The highest BCUT2D eigenvalue weighted by Gasteiger charge is 2.31. The van der Waals surface area contributed by atoms with E-state index in [0.29, 0.717) is 5.56 Å². The summed E-state index contributed by atoms with van der Waals surface area (Å²) < 4.78 is 62.2. The molecule has 1 amide bonds. The van der Waals surface area contributed by atoms with Gasteiger partial charge in [-0.25, -0.2) is 8.42 Å². The van der Waals surface area contributed by atoms with Crippen LogP contribution in [0.5, 0.6) is 0 Å². The number of carbonyl (C=O) groups is 1. The maximum Gasteiger partial charge on any atom is 0.416 e. The second-order valence-electron chi connectivity index (χ2n) is 5.82. The first kappa shape index (κ1) is 21.0. The molecule has 0 spiro atoms. The van der Waals surface area contributed by atoms with Crippen LogP contribution in [-0.4, -0.2) is 27.1 Å². The number of halogens is 4. The van der Waals surface area contributed by atoms with Crippen LogP contribution in [0.3, 0.4) is 0 Å². The Morgan fingerprint density at radius 1 is 1.15 bits per heavy atom. The van der Waals surface area contributed by atoms with Gasteiger partial charge in [-0.15, -0.1) is 0 Å². The van der Waals surface area contributed by atoms with Crippen molar-refractivity contribution in [1.82, 2.24) is 0 Å². The van der Waals surface area contributed by atoms with Crippen LogP contribution in [0.4, 0.5) is 24.5 Å². The monoisotopic (exact) mass is 420 g/mol. The van der Waals surface area contributed by atoms with Crippen LogP contribution in [0, 0.1) is 6.92 Å². The Bertz CT molecular complexity index is 976. The van der Waals surface area contributed by atoms with Crippen molar-refractivity contribution >= 4 is 38.7 Å². The third kappa shape index (κ3) is 5.36. The lowest BCUT2D eigenvalue weighted by atomic mass is 10.2. The number of benzene rings is 2. The minimum Gasteiger partial charge on any atom is -0.375 e. The molecular formula is C17H16ClF3N2O3S. The zero-order chi connectivity index (χ0) is 20.4. The van der Waals surface area contributed by atoms with Crippen molar-refractivity contribution in [2.75, 3.05) is 23.4 Å². The molecule has 2 rings (SSSR count). The van der Waals surface area contributed by atoms with Gasteiger partial charge in [0.05, 0.1) is 33.4 Å². The fourth-order valence-electron chi connectivity index (χ4n) is 2.45. The number of amides is 1. The molecule has 2 aromatic rings. The van der Waals surface area contributed by atoms with Gasteiger partial charge in [0.25, 0.3) is 0 Å². The molecule has 5 nitrogen and oxygen atoms in total. The molecule has 0 unspecified atom stereocenters. The highest BCUT2D eigenvalue weighted by atomic mass is 35.5. The van der Waals surface area contributed by atoms with Crippen LogP contribution in [0.2, 0.25) is 5.02 Å². The zero-order valence-electron chi connectivity index (χ0n) is 14.3. The summed E-state index contributed by atoms with van der Waals surface area (Å²) in [6.45, 7) is 1.25. The minimum absolute atomic E-state index is 0.0508. The van der Waals surface area contributed by atoms with Gasteiger partial charge < -0.3 is 10.6 Å². The normalized spacial score (nSPS) is 11.9. The second kappa shape index (κ2) is 7.77. The van der Waals surface area contributed by atoms with Gasteiger partial charge in [0, 0.05) is 6.26 Å². The predicted molar refractivity (Wildman–Crippen MR) is 97.9 cm³/mol. The molecular weight excluding hydrogens is 405 g/mol. The van der Waals surface area contributed by atoms with Crippen molar-refractivity contribution in [3.8, 4) is 0 Å². The first-order valence-electron chi connectivity index (χ1n) is 7.59. The number of nitrogens with one attached hydrogen (secondary N) is 2. The predicted octanol–water partition coefficient (Wildman–Crippen LogP) is 4.12. The van der Waals surface area contributed by atoms with E-state index in [9.17, 15) is 26.4 Å². The first-order valence-corrected chi connectivity index (χ1v) is 9.86. The van der Waals surface area contributed by atoms with Crippen LogP contribution < -0.4 is 10.6 Å². The van der Waals surface area contributed by atoms with Crippen LogP contribution >= 0.6 is 11.6 Å². The van der Waals surface area contributed by atoms with Crippen molar-refractivity contribution < 1.29 is 26.4 Å². The van der Waals surface area contributed by atoms with Gasteiger partial charge in [-0.2, -0.15) is 13.2 Å². The standard InChI is InChI=1S/C17H16ClF3N2O3S/c1-10-4-3-5-13(16(10)27(2,25)26)22-9-15(24)23-14-8-11(17(19,20)21)6-7-12(14)18/h3-8,22H,9H2,1-2H3,(H,23,24). The maximum absolute atomic E-state index is 12.8. The SMILES string of the molecule is Cc1cccc(NCC(=O)Nc2cc(C(F)(F)F)ccc2Cl)c1S(C)(=O)=O. The lowest BCUT2D eigenvalue weighted by Crippen LogP contribution is -2.23. The minimum atomic E-state index is -4.58. The highest BCUT2D eigenvalue weighted by Crippen LogP contribution is 2.33. The second-order valence-corrected chi connectivity index (χ2v) is 8.18. The van der Waals surface area contributed by atoms with Gasteiger partial charge in [-0.1, -0.05) is 23.7 Å². The van der Waals surface area contributed by atoms with Gasteiger partial charge >= 0.3 is 6.18 Å². The summed E-state index contributed by atoms with van der Waals surface area (Å²) in [4.78, 5) is 12.1. The smallest absolute Gasteiger partial charge is 0.375 e. The summed E-state index contributed by atoms with van der Waals surface area (Å²) in [5.74, 6) is -0.683. The molecule has 27 heavy (non-hydrogen) atoms. The number of carbonyl (C=O) groups excluding carboxylic acids is 1. The highest BCUT2D eigenvalue weighted by molar-refractivity contribution is 7.91. The van der Waals surface area contributed by atoms with Crippen molar-refractivity contribution in [1.29, 1.82) is 0 Å². The van der Waals surface area contributed by atoms with Gasteiger partial charge in [-0.3, -0.25) is 4.79 Å². The molecule has 0 atom stereocenters. The quantitative estimate of drug-likeness (QED) is 0.763. The molecule has 0 aliphatic rings. The molecule has 0 fully saturated rings. The van der Waals surface area contributed by atoms with Crippen molar-refractivity contribution in [3.05, 3.63) is 52.5 Å². The van der Waals surface area contributed by atoms with Crippen LogP contribution in [-0.2, 0) is 20.8 Å². The van der Waals surface area contributed by atoms with Crippen molar-refractivity contribution in [3.63, 3.8) is 0 Å². The molecule has 10 heteroatoms. The molecule has 0 radical (unpaired) electrons. The third-order valence-electron chi connectivity index (χ3n) is 3.59. The molecule has 0 saturated carbocycles. The lowest BCUT2D eigenvalue weighted by molar-refractivity contribution is -0.137. The summed E-state index contributed by atoms with van der Waals surface area (Å²) >= 11 is 5.83. The largest absolute Gasteiger partial charge is 0.416 e. The van der Waals surface area contributed by atoms with Crippen LogP contribution in [0.1, 0.15) is 11.1 Å². The average Bonchev–Trinajstić information content (AvgIpc) is 2.52. The van der Waals surface area contributed by atoms with Gasteiger partial charge in [-0.05, 0) is 36.8 Å². The van der Waals surface area contributed by atoms with E-state index >= 15 is 0 Å². The lowest BCUT2D eigenvalue weighted by Gasteiger charge is -2.14. The van der Waals surface area contributed by atoms with Crippen LogP contribution in [0.25, 0.3) is 0 Å². The summed E-state index contributed by atoms with van der Waals surface area (Å²) in [5.41, 5.74) is -0.411. The molecule has 2 N–H and O–H groups in total. The van der Waals surface area contributed by atoms with E-state index < -0.39 is 27.5 Å². The number of sulfone groups is 1. The molecule has 0 aliphatic heterocycles. The Hall–Kier alpha value is -2.26. The van der Waals surface area contributed by atoms with Gasteiger partial charge in [0.15, 0.2) is 9.84 Å². The zero-order valence-corrected chi connectivity index (χ0v) is 15.9. The Kier molecular flexibility index (Phi) is 6.06. The number of anilines is 2. The number of hydrogen-bond donors (Lipinski definition) is 2. The van der Waals surface area contributed by atoms with Crippen molar-refractivity contribution in [2.24, 2.45) is 0 Å². The molecule has 0 heterocycles. The van der Waals surface area contributed by atoms with E-state index in [4.69, 9.17) is 11.6 Å². The third-order valence-corrected chi connectivity index (χ3v) is 5.20. The molecule has 146 valence electrons. The fraction of sp³-hybridized carbons (Fsp3) is 0.235. The van der Waals surface area contributed by atoms with E-state index in [0.717, 1.165) is 24.5 Å². The summed E-state index contributed by atoms with van der Waals surface area (Å²) in [6, 6.07) is 7.30. The Balaban J connectivity index is 2.16. The van der Waals surface area contributed by atoms with Crippen LogP contribution in [0.15, 0.2) is 41.3 Å². The molecule has 0 bridgehead atoms. The number of aryl methyl sites for hydroxylation is 1. The van der Waals surface area contributed by atoms with E-state index in [2.05, 4.69) is 10.6 Å². The van der Waals surface area contributed by atoms with E-state index in [1.807, 2.05) is 0 Å². The average molecular weight is 421 g/mol. The fourth-order valence-corrected chi connectivity index (χ4v) is 3.81. The Labute approximate surface area is 159 Å². The van der Waals surface area contributed by atoms with Crippen molar-refractivity contribution in [2.45, 2.75) is 18.0 Å². The molecule has 2 aromatic carbocycles. The van der Waals surface area contributed by atoms with E-state index in [-0.39, 0.29) is 27.8 Å². The maximum atomic E-state index is 12.8. The topological polar surface area (TPSA) is 75.3 Å². The molecule has 0 aromatic heterocycles.